The third kappa shape index (κ3) is 4.97. The van der Waals surface area contributed by atoms with Crippen LogP contribution in [0.3, 0.4) is 0 Å². The average molecular weight is 495 g/mol. The van der Waals surface area contributed by atoms with E-state index >= 15 is 0 Å². The number of halogens is 2. The van der Waals surface area contributed by atoms with Crippen LogP contribution in [0.2, 0.25) is 9.26 Å². The summed E-state index contributed by atoms with van der Waals surface area (Å²) in [5.74, 6) is 2.74. The zero-order valence-electron chi connectivity index (χ0n) is 18.1. The first-order valence-corrected chi connectivity index (χ1v) is 23.2. The number of rotatable bonds is 6. The third-order valence-corrected chi connectivity index (χ3v) is 22.6. The van der Waals surface area contributed by atoms with Crippen molar-refractivity contribution in [1.29, 1.82) is 0 Å². The molecule has 0 aromatic rings. The van der Waals surface area contributed by atoms with Gasteiger partial charge in [-0.15, -0.1) is 24.8 Å². The maximum absolute atomic E-state index is 3.12. The Kier molecular flexibility index (Phi) is 9.66. The molecule has 0 aromatic carbocycles. The van der Waals surface area contributed by atoms with Crippen LogP contribution in [0.1, 0.15) is 54.4 Å². The molecule has 0 saturated carbocycles. The van der Waals surface area contributed by atoms with Gasteiger partial charge in [-0.25, -0.2) is 0 Å². The molecule has 0 spiro atoms. The van der Waals surface area contributed by atoms with Gasteiger partial charge in [-0.3, -0.25) is 0 Å². The normalized spacial score (nSPS) is 23.2. The van der Waals surface area contributed by atoms with E-state index in [2.05, 4.69) is 82.0 Å². The molecule has 0 saturated heterocycles. The van der Waals surface area contributed by atoms with E-state index in [0.717, 1.165) is 0 Å². The molecular formula is C22H40Cl2SiZr. The average Bonchev–Trinajstić information content (AvgIpc) is 3.12. The molecule has 2 unspecified atom stereocenters. The summed E-state index contributed by atoms with van der Waals surface area (Å²) in [6.07, 6.45) is 12.7. The van der Waals surface area contributed by atoms with Crippen molar-refractivity contribution >= 4 is 31.7 Å². The Labute approximate surface area is 177 Å². The standard InChI is InChI=1S/2C10H15.2CH3.2ClH.H2Si.Zr/c2*1-4-9-5-6-10(7-9)8(2)3;;;;;;/h2*5,7-8,10H,4H2,1-3H3;2*1H3;2*1H;1H2;. The molecule has 0 radical (unpaired) electrons. The van der Waals surface area contributed by atoms with Crippen molar-refractivity contribution < 1.29 is 17.4 Å². The van der Waals surface area contributed by atoms with Gasteiger partial charge in [0.05, 0.1) is 0 Å². The van der Waals surface area contributed by atoms with Crippen LogP contribution in [-0.2, 0) is 17.4 Å². The quantitative estimate of drug-likeness (QED) is 0.343. The van der Waals surface area contributed by atoms with Gasteiger partial charge in [-0.1, -0.05) is 0 Å². The molecule has 26 heavy (non-hydrogen) atoms. The Bertz CT molecular complexity index is 648. The van der Waals surface area contributed by atoms with Gasteiger partial charge in [0, 0.05) is 0 Å². The van der Waals surface area contributed by atoms with Crippen LogP contribution < -0.4 is 0 Å². The van der Waals surface area contributed by atoms with E-state index in [-0.39, 0.29) is 24.8 Å². The first-order valence-electron chi connectivity index (χ1n) is 9.93. The summed E-state index contributed by atoms with van der Waals surface area (Å²) in [5.41, 5.74) is 3.14. The number of allylic oxidation sites excluding steroid dienone is 8. The Morgan fingerprint density at radius 1 is 0.808 bits per heavy atom. The van der Waals surface area contributed by atoms with Crippen LogP contribution in [0.5, 0.6) is 0 Å². The molecule has 2 aliphatic carbocycles. The molecule has 0 amide bonds. The van der Waals surface area contributed by atoms with Gasteiger partial charge >= 0.3 is 154 Å². The number of hydrogen-bond donors (Lipinski definition) is 0. The van der Waals surface area contributed by atoms with Crippen LogP contribution >= 0.6 is 24.8 Å². The molecule has 150 valence electrons. The van der Waals surface area contributed by atoms with E-state index < -0.39 is 17.4 Å². The smallest absolute Gasteiger partial charge is 0.147 e. The molecule has 0 bridgehead atoms. The first-order chi connectivity index (χ1) is 11.0. The second-order valence-corrected chi connectivity index (χ2v) is 38.2. The van der Waals surface area contributed by atoms with Crippen LogP contribution in [0, 0.1) is 23.7 Å². The van der Waals surface area contributed by atoms with E-state index in [4.69, 9.17) is 0 Å². The second kappa shape index (κ2) is 9.43. The molecule has 2 aliphatic rings. The fraction of sp³-hybridized carbons (Fsp3) is 0.636. The van der Waals surface area contributed by atoms with Crippen molar-refractivity contribution in [2.24, 2.45) is 23.7 Å². The Balaban J connectivity index is 0.00000312. The van der Waals surface area contributed by atoms with Gasteiger partial charge in [0.1, 0.15) is 0 Å². The fourth-order valence-electron chi connectivity index (χ4n) is 4.57. The summed E-state index contributed by atoms with van der Waals surface area (Å²) in [7, 11) is 0. The largest absolute Gasteiger partial charge is 0.147 e. The van der Waals surface area contributed by atoms with Crippen LogP contribution in [-0.4, -0.2) is 6.88 Å². The molecular weight excluding hydrogens is 454 g/mol. The molecule has 4 heteroatoms. The van der Waals surface area contributed by atoms with Gasteiger partial charge in [0.25, 0.3) is 0 Å². The Hall–Kier alpha value is 0.640. The summed E-state index contributed by atoms with van der Waals surface area (Å²) >= 11 is -3.12. The van der Waals surface area contributed by atoms with Gasteiger partial charge in [-0.05, 0) is 0 Å². The van der Waals surface area contributed by atoms with E-state index in [9.17, 15) is 0 Å². The molecule has 0 fully saturated rings. The SMILES string of the molecule is CCC1=CC(C(C)C)[C]([Zr]([CH3])([CH3])(=[SiH2])[C]2=CC(CC)=CC2C(C)C)=C1.Cl.Cl. The van der Waals surface area contributed by atoms with E-state index in [1.165, 1.54) is 12.8 Å². The predicted molar refractivity (Wildman–Crippen MR) is 124 cm³/mol. The van der Waals surface area contributed by atoms with Gasteiger partial charge in [0.2, 0.25) is 0 Å². The Morgan fingerprint density at radius 2 is 1.12 bits per heavy atom. The zero-order chi connectivity index (χ0) is 18.3. The molecule has 2 rings (SSSR count). The van der Waals surface area contributed by atoms with Crippen molar-refractivity contribution in [2.75, 3.05) is 0 Å². The molecule has 0 aliphatic heterocycles. The fourth-order valence-corrected chi connectivity index (χ4v) is 19.9. The molecule has 0 N–H and O–H groups in total. The minimum absolute atomic E-state index is 0. The monoisotopic (exact) mass is 492 g/mol. The Morgan fingerprint density at radius 3 is 1.35 bits per heavy atom. The van der Waals surface area contributed by atoms with E-state index in [1.807, 2.05) is 6.56 Å². The number of hydrogen-bond acceptors (Lipinski definition) is 0. The predicted octanol–water partition coefficient (Wildman–Crippen LogP) is 7.18. The molecule has 0 heterocycles. The molecule has 0 aromatic heterocycles. The summed E-state index contributed by atoms with van der Waals surface area (Å²) in [6.45, 7) is 16.6. The van der Waals surface area contributed by atoms with Gasteiger partial charge in [0.15, 0.2) is 0 Å². The maximum atomic E-state index is 2.70. The molecule has 0 nitrogen and oxygen atoms in total. The topological polar surface area (TPSA) is 0 Å². The second-order valence-electron chi connectivity index (χ2n) is 9.61. The summed E-state index contributed by atoms with van der Waals surface area (Å²) in [6, 6.07) is 0. The molecule has 2 atom stereocenters. The summed E-state index contributed by atoms with van der Waals surface area (Å²) in [5, 5.41) is 0. The minimum atomic E-state index is -3.12. The van der Waals surface area contributed by atoms with Gasteiger partial charge in [-0.2, -0.15) is 0 Å². The van der Waals surface area contributed by atoms with Crippen LogP contribution in [0.4, 0.5) is 0 Å². The van der Waals surface area contributed by atoms with Gasteiger partial charge < -0.3 is 0 Å². The van der Waals surface area contributed by atoms with E-state index in [0.29, 0.717) is 23.7 Å². The van der Waals surface area contributed by atoms with Crippen molar-refractivity contribution in [1.82, 2.24) is 0 Å². The van der Waals surface area contributed by atoms with Crippen LogP contribution in [0.25, 0.3) is 0 Å². The minimum Gasteiger partial charge on any atom is -0.147 e. The summed E-state index contributed by atoms with van der Waals surface area (Å²) in [4.78, 5) is 0. The zero-order valence-corrected chi connectivity index (χ0v) is 23.6. The first kappa shape index (κ1) is 26.6. The summed E-state index contributed by atoms with van der Waals surface area (Å²) < 4.78 is 9.07. The third-order valence-electron chi connectivity index (χ3n) is 6.29. The van der Waals surface area contributed by atoms with Crippen molar-refractivity contribution in [3.63, 3.8) is 0 Å². The van der Waals surface area contributed by atoms with E-state index in [1.54, 1.807) is 11.1 Å². The maximum Gasteiger partial charge on any atom is -0.147 e. The van der Waals surface area contributed by atoms with Crippen molar-refractivity contribution in [3.05, 3.63) is 42.0 Å². The van der Waals surface area contributed by atoms with Crippen LogP contribution in [0.15, 0.2) is 42.0 Å². The van der Waals surface area contributed by atoms with Crippen molar-refractivity contribution in [3.8, 4) is 0 Å². The van der Waals surface area contributed by atoms with Crippen molar-refractivity contribution in [2.45, 2.75) is 63.6 Å².